The molecular formula is C14H17N3O2S. The summed E-state index contributed by atoms with van der Waals surface area (Å²) in [6.07, 6.45) is 1.55. The van der Waals surface area contributed by atoms with Gasteiger partial charge in [0.15, 0.2) is 0 Å². The number of hydrogen-bond acceptors (Lipinski definition) is 6. The highest BCUT2D eigenvalue weighted by molar-refractivity contribution is 7.09. The molecule has 106 valence electrons. The Morgan fingerprint density at radius 1 is 1.35 bits per heavy atom. The molecule has 5 nitrogen and oxygen atoms in total. The standard InChI is InChI=1S/C14H17N3O2S/c1-10-13(20-9-16-10)8-17(2)7-12-5-4-11(6-15-12)14(18)19-3/h4-6,9H,7-8H2,1-3H3. The molecule has 0 radical (unpaired) electrons. The van der Waals surface area contributed by atoms with Crippen LogP contribution in [0.1, 0.15) is 26.6 Å². The highest BCUT2D eigenvalue weighted by atomic mass is 32.1. The Labute approximate surface area is 122 Å². The van der Waals surface area contributed by atoms with Crippen LogP contribution in [0.5, 0.6) is 0 Å². The van der Waals surface area contributed by atoms with E-state index in [-0.39, 0.29) is 5.97 Å². The summed E-state index contributed by atoms with van der Waals surface area (Å²) in [5.41, 5.74) is 4.33. The fourth-order valence-corrected chi connectivity index (χ4v) is 2.67. The van der Waals surface area contributed by atoms with Gasteiger partial charge in [-0.1, -0.05) is 0 Å². The first kappa shape index (κ1) is 14.6. The second-order valence-electron chi connectivity index (χ2n) is 4.56. The van der Waals surface area contributed by atoms with E-state index in [1.807, 2.05) is 25.5 Å². The van der Waals surface area contributed by atoms with Crippen molar-refractivity contribution in [2.75, 3.05) is 14.2 Å². The van der Waals surface area contributed by atoms with Crippen molar-refractivity contribution in [3.63, 3.8) is 0 Å². The summed E-state index contributed by atoms with van der Waals surface area (Å²) >= 11 is 1.66. The van der Waals surface area contributed by atoms with Crippen LogP contribution >= 0.6 is 11.3 Å². The van der Waals surface area contributed by atoms with Crippen molar-refractivity contribution >= 4 is 17.3 Å². The van der Waals surface area contributed by atoms with Crippen LogP contribution in [-0.2, 0) is 17.8 Å². The van der Waals surface area contributed by atoms with E-state index < -0.39 is 0 Å². The van der Waals surface area contributed by atoms with Crippen molar-refractivity contribution in [3.8, 4) is 0 Å². The lowest BCUT2D eigenvalue weighted by Gasteiger charge is -2.15. The number of carbonyl (C=O) groups excluding carboxylic acids is 1. The Kier molecular flexibility index (Phi) is 4.81. The molecule has 0 aliphatic heterocycles. The van der Waals surface area contributed by atoms with Gasteiger partial charge in [-0.2, -0.15) is 0 Å². The van der Waals surface area contributed by atoms with Gasteiger partial charge in [0.05, 0.1) is 29.6 Å². The first-order chi connectivity index (χ1) is 9.60. The summed E-state index contributed by atoms with van der Waals surface area (Å²) < 4.78 is 4.65. The number of aromatic nitrogens is 2. The zero-order chi connectivity index (χ0) is 14.5. The number of methoxy groups -OCH3 is 1. The van der Waals surface area contributed by atoms with E-state index in [0.29, 0.717) is 5.56 Å². The highest BCUT2D eigenvalue weighted by Crippen LogP contribution is 2.15. The Hall–Kier alpha value is -1.79. The molecule has 0 unspecified atom stereocenters. The fourth-order valence-electron chi connectivity index (χ4n) is 1.81. The van der Waals surface area contributed by atoms with Crippen molar-refractivity contribution in [2.45, 2.75) is 20.0 Å². The molecule has 0 atom stereocenters. The zero-order valence-corrected chi connectivity index (χ0v) is 12.6. The van der Waals surface area contributed by atoms with Crippen molar-refractivity contribution in [1.82, 2.24) is 14.9 Å². The number of aryl methyl sites for hydroxylation is 1. The summed E-state index contributed by atoms with van der Waals surface area (Å²) in [7, 11) is 3.40. The normalized spacial score (nSPS) is 10.8. The number of thiazole rings is 1. The van der Waals surface area contributed by atoms with Crippen LogP contribution < -0.4 is 0 Å². The number of nitrogens with zero attached hydrogens (tertiary/aromatic N) is 3. The molecule has 6 heteroatoms. The van der Waals surface area contributed by atoms with Gasteiger partial charge in [-0.25, -0.2) is 9.78 Å². The van der Waals surface area contributed by atoms with E-state index in [9.17, 15) is 4.79 Å². The number of rotatable bonds is 5. The zero-order valence-electron chi connectivity index (χ0n) is 11.8. The molecular weight excluding hydrogens is 274 g/mol. The molecule has 2 rings (SSSR count). The number of ether oxygens (including phenoxy) is 1. The van der Waals surface area contributed by atoms with Crippen molar-refractivity contribution < 1.29 is 9.53 Å². The molecule has 0 saturated carbocycles. The van der Waals surface area contributed by atoms with Gasteiger partial charge in [0, 0.05) is 24.2 Å². The molecule has 2 heterocycles. The first-order valence-corrected chi connectivity index (χ1v) is 7.09. The van der Waals surface area contributed by atoms with E-state index in [1.165, 1.54) is 12.0 Å². The number of hydrogen-bond donors (Lipinski definition) is 0. The van der Waals surface area contributed by atoms with Crippen LogP contribution in [0, 0.1) is 6.92 Å². The lowest BCUT2D eigenvalue weighted by atomic mass is 10.2. The molecule has 0 fully saturated rings. The predicted octanol–water partition coefficient (Wildman–Crippen LogP) is 2.27. The average Bonchev–Trinajstić information content (AvgIpc) is 2.84. The third kappa shape index (κ3) is 3.61. The summed E-state index contributed by atoms with van der Waals surface area (Å²) in [5, 5.41) is 0. The summed E-state index contributed by atoms with van der Waals surface area (Å²) in [5.74, 6) is -0.363. The average molecular weight is 291 g/mol. The molecule has 0 saturated heterocycles. The van der Waals surface area contributed by atoms with E-state index in [4.69, 9.17) is 0 Å². The summed E-state index contributed by atoms with van der Waals surface area (Å²) in [6.45, 7) is 3.58. The minimum absolute atomic E-state index is 0.363. The Morgan fingerprint density at radius 3 is 2.70 bits per heavy atom. The van der Waals surface area contributed by atoms with Gasteiger partial charge in [-0.3, -0.25) is 9.88 Å². The lowest BCUT2D eigenvalue weighted by Crippen LogP contribution is -2.18. The second kappa shape index (κ2) is 6.58. The van der Waals surface area contributed by atoms with E-state index in [1.54, 1.807) is 23.6 Å². The van der Waals surface area contributed by atoms with Gasteiger partial charge in [0.25, 0.3) is 0 Å². The van der Waals surface area contributed by atoms with Gasteiger partial charge in [0.2, 0.25) is 0 Å². The van der Waals surface area contributed by atoms with Crippen LogP contribution in [0.3, 0.4) is 0 Å². The Balaban J connectivity index is 1.96. The summed E-state index contributed by atoms with van der Waals surface area (Å²) in [6, 6.07) is 3.59. The Bertz CT molecular complexity index is 580. The number of carbonyl (C=O) groups is 1. The number of pyridine rings is 1. The van der Waals surface area contributed by atoms with E-state index >= 15 is 0 Å². The lowest BCUT2D eigenvalue weighted by molar-refractivity contribution is 0.0600. The monoisotopic (exact) mass is 291 g/mol. The molecule has 0 amide bonds. The van der Waals surface area contributed by atoms with E-state index in [2.05, 4.69) is 19.6 Å². The maximum Gasteiger partial charge on any atom is 0.339 e. The third-order valence-electron chi connectivity index (χ3n) is 2.94. The van der Waals surface area contributed by atoms with Crippen LogP contribution in [0.15, 0.2) is 23.8 Å². The van der Waals surface area contributed by atoms with Crippen molar-refractivity contribution in [3.05, 3.63) is 45.7 Å². The minimum Gasteiger partial charge on any atom is -0.465 e. The first-order valence-electron chi connectivity index (χ1n) is 6.21. The topological polar surface area (TPSA) is 55.3 Å². The molecule has 0 aliphatic carbocycles. The van der Waals surface area contributed by atoms with Gasteiger partial charge in [0.1, 0.15) is 0 Å². The summed E-state index contributed by atoms with van der Waals surface area (Å²) in [4.78, 5) is 23.3. The molecule has 0 aromatic carbocycles. The Morgan fingerprint density at radius 2 is 2.15 bits per heavy atom. The fraction of sp³-hybridized carbons (Fsp3) is 0.357. The molecule has 20 heavy (non-hydrogen) atoms. The van der Waals surface area contributed by atoms with Gasteiger partial charge in [-0.15, -0.1) is 11.3 Å². The molecule has 0 N–H and O–H groups in total. The predicted molar refractivity (Wildman–Crippen MR) is 77.6 cm³/mol. The SMILES string of the molecule is COC(=O)c1ccc(CN(C)Cc2scnc2C)nc1. The van der Waals surface area contributed by atoms with Crippen LogP contribution in [0.2, 0.25) is 0 Å². The van der Waals surface area contributed by atoms with Gasteiger partial charge >= 0.3 is 5.97 Å². The van der Waals surface area contributed by atoms with Crippen LogP contribution in [-0.4, -0.2) is 35.0 Å². The van der Waals surface area contributed by atoms with E-state index in [0.717, 1.165) is 24.5 Å². The molecule has 2 aromatic heterocycles. The minimum atomic E-state index is -0.363. The molecule has 0 spiro atoms. The third-order valence-corrected chi connectivity index (χ3v) is 3.86. The molecule has 0 bridgehead atoms. The smallest absolute Gasteiger partial charge is 0.339 e. The highest BCUT2D eigenvalue weighted by Gasteiger charge is 2.09. The maximum absolute atomic E-state index is 11.3. The van der Waals surface area contributed by atoms with Crippen LogP contribution in [0.4, 0.5) is 0 Å². The van der Waals surface area contributed by atoms with Crippen LogP contribution in [0.25, 0.3) is 0 Å². The maximum atomic E-state index is 11.3. The quantitative estimate of drug-likeness (QED) is 0.791. The van der Waals surface area contributed by atoms with Gasteiger partial charge in [-0.05, 0) is 26.1 Å². The largest absolute Gasteiger partial charge is 0.465 e. The van der Waals surface area contributed by atoms with Crippen molar-refractivity contribution in [1.29, 1.82) is 0 Å². The second-order valence-corrected chi connectivity index (χ2v) is 5.50. The van der Waals surface area contributed by atoms with Gasteiger partial charge < -0.3 is 4.74 Å². The molecule has 0 aliphatic rings. The number of esters is 1. The van der Waals surface area contributed by atoms with Crippen molar-refractivity contribution in [2.24, 2.45) is 0 Å². The molecule has 2 aromatic rings.